The molecule has 1 aromatic heterocycles. The molecular weight excluding hydrogens is 160 g/mol. The number of aryl methyl sites for hydroxylation is 1. The second-order valence-electron chi connectivity index (χ2n) is 3.13. The average molecular weight is 173 g/mol. The van der Waals surface area contributed by atoms with Gasteiger partial charge in [0, 0.05) is 11.9 Å². The van der Waals surface area contributed by atoms with E-state index < -0.39 is 0 Å². The van der Waals surface area contributed by atoms with E-state index in [1.165, 1.54) is 10.9 Å². The maximum Gasteiger partial charge on any atom is 0.0682 e. The number of para-hydroxylation sites is 1. The zero-order valence-electron chi connectivity index (χ0n) is 7.61. The first-order valence-corrected chi connectivity index (χ1v) is 4.61. The molecule has 0 spiro atoms. The highest BCUT2D eigenvalue weighted by Gasteiger charge is 1.99. The predicted molar refractivity (Wildman–Crippen MR) is 54.3 cm³/mol. The van der Waals surface area contributed by atoms with Crippen LogP contribution in [-0.2, 0) is 6.54 Å². The lowest BCUT2D eigenvalue weighted by Crippen LogP contribution is -1.98. The van der Waals surface area contributed by atoms with Gasteiger partial charge in [0.15, 0.2) is 0 Å². The molecule has 0 aliphatic heterocycles. The molecule has 13 heavy (non-hydrogen) atoms. The molecule has 0 amide bonds. The summed E-state index contributed by atoms with van der Waals surface area (Å²) in [5, 5.41) is 5.54. The van der Waals surface area contributed by atoms with E-state index >= 15 is 0 Å². The van der Waals surface area contributed by atoms with Crippen molar-refractivity contribution in [2.75, 3.05) is 0 Å². The van der Waals surface area contributed by atoms with Crippen molar-refractivity contribution in [3.05, 3.63) is 37.4 Å². The molecule has 0 saturated carbocycles. The third-order valence-corrected chi connectivity index (χ3v) is 2.17. The van der Waals surface area contributed by atoms with Crippen LogP contribution in [0.15, 0.2) is 30.5 Å². The van der Waals surface area contributed by atoms with Gasteiger partial charge in [-0.05, 0) is 12.5 Å². The van der Waals surface area contributed by atoms with E-state index in [4.69, 9.17) is 0 Å². The lowest BCUT2D eigenvalue weighted by atomic mass is 10.2. The molecule has 1 heterocycles. The second kappa shape index (κ2) is 3.60. The van der Waals surface area contributed by atoms with E-state index in [1.54, 1.807) is 0 Å². The summed E-state index contributed by atoms with van der Waals surface area (Å²) in [6.07, 6.45) is 3.97. The Hall–Kier alpha value is -1.31. The molecule has 2 aromatic rings. The second-order valence-corrected chi connectivity index (χ2v) is 3.13. The van der Waals surface area contributed by atoms with E-state index in [2.05, 4.69) is 24.2 Å². The van der Waals surface area contributed by atoms with Crippen LogP contribution in [0.2, 0.25) is 0 Å². The topological polar surface area (TPSA) is 17.8 Å². The minimum absolute atomic E-state index is 0.966. The van der Waals surface area contributed by atoms with Gasteiger partial charge in [-0.15, -0.1) is 0 Å². The summed E-state index contributed by atoms with van der Waals surface area (Å²) in [4.78, 5) is 0. The van der Waals surface area contributed by atoms with Gasteiger partial charge in [-0.2, -0.15) is 5.10 Å². The van der Waals surface area contributed by atoms with Gasteiger partial charge in [-0.1, -0.05) is 31.5 Å². The Morgan fingerprint density at radius 1 is 1.31 bits per heavy atom. The van der Waals surface area contributed by atoms with Gasteiger partial charge >= 0.3 is 0 Å². The van der Waals surface area contributed by atoms with Crippen LogP contribution in [-0.4, -0.2) is 9.78 Å². The van der Waals surface area contributed by atoms with E-state index in [0.717, 1.165) is 19.4 Å². The minimum atomic E-state index is 0.966. The largest absolute Gasteiger partial charge is 0.265 e. The zero-order chi connectivity index (χ0) is 9.10. The Labute approximate surface area is 78.2 Å². The fourth-order valence-electron chi connectivity index (χ4n) is 1.47. The highest BCUT2D eigenvalue weighted by molar-refractivity contribution is 5.78. The van der Waals surface area contributed by atoms with Crippen molar-refractivity contribution in [3.8, 4) is 0 Å². The Morgan fingerprint density at radius 2 is 2.15 bits per heavy atom. The number of hydrogen-bond acceptors (Lipinski definition) is 1. The SMILES string of the molecule is [CH2]CCCn1ncc2ccccc21. The predicted octanol–water partition coefficient (Wildman–Crippen LogP) is 2.65. The molecule has 0 N–H and O–H groups in total. The van der Waals surface area contributed by atoms with Gasteiger partial charge in [0.25, 0.3) is 0 Å². The summed E-state index contributed by atoms with van der Waals surface area (Å²) in [5.41, 5.74) is 1.22. The third-order valence-electron chi connectivity index (χ3n) is 2.17. The maximum atomic E-state index is 4.32. The van der Waals surface area contributed by atoms with Crippen molar-refractivity contribution in [2.24, 2.45) is 0 Å². The van der Waals surface area contributed by atoms with Crippen molar-refractivity contribution in [1.29, 1.82) is 0 Å². The van der Waals surface area contributed by atoms with Crippen LogP contribution in [0.4, 0.5) is 0 Å². The molecule has 0 unspecified atom stereocenters. The van der Waals surface area contributed by atoms with Crippen LogP contribution in [0, 0.1) is 6.92 Å². The summed E-state index contributed by atoms with van der Waals surface area (Å²) in [5.74, 6) is 0. The van der Waals surface area contributed by atoms with E-state index in [9.17, 15) is 0 Å². The Bertz CT molecular complexity index is 390. The van der Waals surface area contributed by atoms with E-state index in [0.29, 0.717) is 0 Å². The van der Waals surface area contributed by atoms with Crippen LogP contribution in [0.25, 0.3) is 10.9 Å². The zero-order valence-corrected chi connectivity index (χ0v) is 7.61. The Morgan fingerprint density at radius 3 is 3.00 bits per heavy atom. The number of benzene rings is 1. The number of aromatic nitrogens is 2. The number of unbranched alkanes of at least 4 members (excludes halogenated alkanes) is 1. The quantitative estimate of drug-likeness (QED) is 0.697. The van der Waals surface area contributed by atoms with Crippen molar-refractivity contribution < 1.29 is 0 Å². The highest BCUT2D eigenvalue weighted by Crippen LogP contribution is 2.12. The Kier molecular flexibility index (Phi) is 2.30. The molecule has 2 rings (SSSR count). The molecular formula is C11H13N2. The van der Waals surface area contributed by atoms with Crippen LogP contribution < -0.4 is 0 Å². The van der Waals surface area contributed by atoms with Gasteiger partial charge in [-0.3, -0.25) is 4.68 Å². The number of fused-ring (bicyclic) bond motifs is 1. The maximum absolute atomic E-state index is 4.32. The minimum Gasteiger partial charge on any atom is -0.265 e. The molecule has 0 bridgehead atoms. The lowest BCUT2D eigenvalue weighted by molar-refractivity contribution is 0.600. The van der Waals surface area contributed by atoms with Gasteiger partial charge in [-0.25, -0.2) is 0 Å². The monoisotopic (exact) mass is 173 g/mol. The first-order chi connectivity index (χ1) is 6.42. The van der Waals surface area contributed by atoms with Crippen LogP contribution in [0.5, 0.6) is 0 Å². The van der Waals surface area contributed by atoms with Gasteiger partial charge < -0.3 is 0 Å². The standard InChI is InChI=1S/C11H13N2/c1-2-3-8-13-11-7-5-4-6-10(11)9-12-13/h4-7,9H,1-3,8H2. The third kappa shape index (κ3) is 1.57. The smallest absolute Gasteiger partial charge is 0.0682 e. The average Bonchev–Trinajstić information content (AvgIpc) is 2.58. The lowest BCUT2D eigenvalue weighted by Gasteiger charge is -2.00. The van der Waals surface area contributed by atoms with Crippen molar-refractivity contribution >= 4 is 10.9 Å². The summed E-state index contributed by atoms with van der Waals surface area (Å²) in [7, 11) is 0. The molecule has 0 atom stereocenters. The molecule has 2 heteroatoms. The molecule has 0 aliphatic rings. The Balaban J connectivity index is 2.35. The van der Waals surface area contributed by atoms with Crippen LogP contribution in [0.3, 0.4) is 0 Å². The number of hydrogen-bond donors (Lipinski definition) is 0. The normalized spacial score (nSPS) is 10.8. The van der Waals surface area contributed by atoms with Crippen molar-refractivity contribution in [1.82, 2.24) is 9.78 Å². The van der Waals surface area contributed by atoms with Gasteiger partial charge in [0.05, 0.1) is 11.7 Å². The first-order valence-electron chi connectivity index (χ1n) is 4.61. The molecule has 1 aromatic carbocycles. The summed E-state index contributed by atoms with van der Waals surface area (Å²) < 4.78 is 2.04. The van der Waals surface area contributed by atoms with E-state index in [-0.39, 0.29) is 0 Å². The molecule has 0 fully saturated rings. The highest BCUT2D eigenvalue weighted by atomic mass is 15.3. The first kappa shape index (κ1) is 8.30. The molecule has 1 radical (unpaired) electrons. The van der Waals surface area contributed by atoms with Crippen molar-refractivity contribution in [2.45, 2.75) is 19.4 Å². The van der Waals surface area contributed by atoms with Crippen LogP contribution in [0.1, 0.15) is 12.8 Å². The number of rotatable bonds is 3. The summed E-state index contributed by atoms with van der Waals surface area (Å²) in [6, 6.07) is 8.27. The van der Waals surface area contributed by atoms with Gasteiger partial charge in [0.1, 0.15) is 0 Å². The molecule has 0 aliphatic carbocycles. The van der Waals surface area contributed by atoms with Crippen LogP contribution >= 0.6 is 0 Å². The fraction of sp³-hybridized carbons (Fsp3) is 0.273. The number of nitrogens with zero attached hydrogens (tertiary/aromatic N) is 2. The molecule has 67 valence electrons. The molecule has 0 saturated heterocycles. The molecule has 2 nitrogen and oxygen atoms in total. The fourth-order valence-corrected chi connectivity index (χ4v) is 1.47. The summed E-state index contributed by atoms with van der Waals surface area (Å²) >= 11 is 0. The van der Waals surface area contributed by atoms with E-state index in [1.807, 2.05) is 23.0 Å². The van der Waals surface area contributed by atoms with Crippen molar-refractivity contribution in [3.63, 3.8) is 0 Å². The van der Waals surface area contributed by atoms with Gasteiger partial charge in [0.2, 0.25) is 0 Å². The summed E-state index contributed by atoms with van der Waals surface area (Å²) in [6.45, 7) is 4.79.